The molecule has 0 spiro atoms. The molecule has 3 aromatic carbocycles. The Bertz CT molecular complexity index is 1380. The number of amides is 1. The van der Waals surface area contributed by atoms with Crippen LogP contribution in [0.3, 0.4) is 0 Å². The number of aromatic carboxylic acids is 1. The minimum atomic E-state index is -0.974. The molecule has 0 atom stereocenters. The maximum atomic E-state index is 11.5. The molecule has 0 radical (unpaired) electrons. The average molecular weight is 522 g/mol. The lowest BCUT2D eigenvalue weighted by Crippen LogP contribution is -2.11. The lowest BCUT2D eigenvalue weighted by Gasteiger charge is -2.10. The second-order valence-corrected chi connectivity index (χ2v) is 8.83. The molecule has 34 heavy (non-hydrogen) atoms. The molecule has 174 valence electrons. The van der Waals surface area contributed by atoms with E-state index in [1.807, 2.05) is 30.3 Å². The maximum absolute atomic E-state index is 11.5. The number of carbonyl (C=O) groups is 2. The summed E-state index contributed by atoms with van der Waals surface area (Å²) in [6, 6.07) is 18.3. The summed E-state index contributed by atoms with van der Waals surface area (Å²) in [6.07, 6.45) is 2.76. The van der Waals surface area contributed by atoms with Crippen LogP contribution >= 0.6 is 15.9 Å². The number of carbonyl (C=O) groups excluding carboxylic acids is 1. The fourth-order valence-electron chi connectivity index (χ4n) is 3.94. The topological polar surface area (TPSA) is 121 Å². The van der Waals surface area contributed by atoms with E-state index in [1.54, 1.807) is 30.3 Å². The van der Waals surface area contributed by atoms with E-state index in [2.05, 4.69) is 26.7 Å². The maximum Gasteiger partial charge on any atom is 0.336 e. The van der Waals surface area contributed by atoms with E-state index in [9.17, 15) is 14.7 Å². The molecule has 0 bridgehead atoms. The number of fused-ring (bicyclic) bond motifs is 1. The van der Waals surface area contributed by atoms with E-state index in [0.717, 1.165) is 27.6 Å². The third kappa shape index (κ3) is 5.13. The van der Waals surface area contributed by atoms with Crippen molar-refractivity contribution in [2.75, 3.05) is 6.54 Å². The van der Waals surface area contributed by atoms with E-state index in [0.29, 0.717) is 41.9 Å². The minimum Gasteiger partial charge on any atom is -0.489 e. The number of ether oxygens (including phenoxy) is 1. The zero-order valence-corrected chi connectivity index (χ0v) is 19.9. The van der Waals surface area contributed by atoms with Crippen molar-refractivity contribution in [2.45, 2.75) is 19.6 Å². The number of nitrogens with two attached hydrogens (primary N) is 2. The highest BCUT2D eigenvalue weighted by Gasteiger charge is 2.13. The van der Waals surface area contributed by atoms with Gasteiger partial charge in [0, 0.05) is 33.7 Å². The van der Waals surface area contributed by atoms with E-state index < -0.39 is 11.9 Å². The highest BCUT2D eigenvalue weighted by atomic mass is 79.9. The molecule has 7 nitrogen and oxygen atoms in total. The lowest BCUT2D eigenvalue weighted by molar-refractivity contribution is 0.0695. The van der Waals surface area contributed by atoms with Crippen LogP contribution in [0.15, 0.2) is 71.3 Å². The van der Waals surface area contributed by atoms with Gasteiger partial charge in [-0.15, -0.1) is 0 Å². The van der Waals surface area contributed by atoms with Gasteiger partial charge >= 0.3 is 5.97 Å². The lowest BCUT2D eigenvalue weighted by atomic mass is 10.1. The number of hydrogen-bond donors (Lipinski definition) is 3. The van der Waals surface area contributed by atoms with Gasteiger partial charge < -0.3 is 25.9 Å². The van der Waals surface area contributed by atoms with Crippen molar-refractivity contribution in [1.29, 1.82) is 0 Å². The largest absolute Gasteiger partial charge is 0.489 e. The molecule has 0 unspecified atom stereocenters. The van der Waals surface area contributed by atoms with Crippen LogP contribution in [0.25, 0.3) is 10.9 Å². The van der Waals surface area contributed by atoms with Gasteiger partial charge in [-0.05, 0) is 88.1 Å². The fourth-order valence-corrected chi connectivity index (χ4v) is 4.35. The second kappa shape index (κ2) is 10.1. The predicted molar refractivity (Wildman–Crippen MR) is 134 cm³/mol. The van der Waals surface area contributed by atoms with Crippen molar-refractivity contribution in [3.63, 3.8) is 0 Å². The van der Waals surface area contributed by atoms with Crippen LogP contribution in [-0.2, 0) is 19.6 Å². The van der Waals surface area contributed by atoms with E-state index >= 15 is 0 Å². The normalized spacial score (nSPS) is 11.0. The molecule has 8 heteroatoms. The summed E-state index contributed by atoms with van der Waals surface area (Å²) < 4.78 is 8.63. The van der Waals surface area contributed by atoms with Crippen molar-refractivity contribution in [3.05, 3.63) is 99.2 Å². The third-order valence-electron chi connectivity index (χ3n) is 5.58. The van der Waals surface area contributed by atoms with Crippen molar-refractivity contribution in [2.24, 2.45) is 11.5 Å². The first-order valence-corrected chi connectivity index (χ1v) is 11.5. The molecule has 5 N–H and O–H groups in total. The summed E-state index contributed by atoms with van der Waals surface area (Å²) in [7, 11) is 0. The first-order chi connectivity index (χ1) is 16.4. The monoisotopic (exact) mass is 521 g/mol. The van der Waals surface area contributed by atoms with Crippen molar-refractivity contribution in [1.82, 2.24) is 4.57 Å². The van der Waals surface area contributed by atoms with Gasteiger partial charge in [-0.2, -0.15) is 0 Å². The van der Waals surface area contributed by atoms with E-state index in [1.165, 1.54) is 0 Å². The van der Waals surface area contributed by atoms with Crippen LogP contribution < -0.4 is 16.2 Å². The van der Waals surface area contributed by atoms with Crippen molar-refractivity contribution in [3.8, 4) is 5.75 Å². The number of carboxylic acid groups (broad SMARTS) is 1. The molecule has 0 saturated heterocycles. The Kier molecular flexibility index (Phi) is 7.00. The number of nitrogens with zero attached hydrogens (tertiary/aromatic N) is 1. The predicted octanol–water partition coefficient (Wildman–Crippen LogP) is 4.33. The molecule has 1 heterocycles. The Balaban J connectivity index is 1.61. The van der Waals surface area contributed by atoms with Gasteiger partial charge in [0.25, 0.3) is 0 Å². The second-order valence-electron chi connectivity index (χ2n) is 7.97. The molecule has 4 aromatic rings. The van der Waals surface area contributed by atoms with E-state index in [-0.39, 0.29) is 5.56 Å². The zero-order valence-electron chi connectivity index (χ0n) is 18.3. The Hall–Kier alpha value is -3.62. The van der Waals surface area contributed by atoms with Gasteiger partial charge in [-0.1, -0.05) is 18.2 Å². The van der Waals surface area contributed by atoms with Crippen LogP contribution in [0.2, 0.25) is 0 Å². The number of benzene rings is 3. The molecule has 0 saturated carbocycles. The van der Waals surface area contributed by atoms with Crippen molar-refractivity contribution >= 4 is 38.7 Å². The third-order valence-corrected chi connectivity index (χ3v) is 6.27. The summed E-state index contributed by atoms with van der Waals surface area (Å²) in [5.41, 5.74) is 15.7. The molecule has 0 aliphatic heterocycles. The highest BCUT2D eigenvalue weighted by molar-refractivity contribution is 9.10. The smallest absolute Gasteiger partial charge is 0.336 e. The van der Waals surface area contributed by atoms with Crippen LogP contribution in [0.1, 0.15) is 37.4 Å². The molecule has 0 fully saturated rings. The van der Waals surface area contributed by atoms with Gasteiger partial charge in [-0.25, -0.2) is 4.79 Å². The zero-order chi connectivity index (χ0) is 24.2. The number of hydrogen-bond acceptors (Lipinski definition) is 4. The molecule has 4 rings (SSSR count). The number of rotatable bonds is 9. The Morgan fingerprint density at radius 3 is 2.59 bits per heavy atom. The summed E-state index contributed by atoms with van der Waals surface area (Å²) in [4.78, 5) is 22.9. The number of halogens is 1. The van der Waals surface area contributed by atoms with Crippen LogP contribution in [-0.4, -0.2) is 28.1 Å². The van der Waals surface area contributed by atoms with E-state index in [4.69, 9.17) is 16.2 Å². The average Bonchev–Trinajstić information content (AvgIpc) is 3.15. The molecule has 0 aliphatic carbocycles. The first kappa shape index (κ1) is 23.5. The Morgan fingerprint density at radius 2 is 1.85 bits per heavy atom. The van der Waals surface area contributed by atoms with Crippen LogP contribution in [0, 0.1) is 0 Å². The molecule has 1 amide bonds. The van der Waals surface area contributed by atoms with Crippen molar-refractivity contribution < 1.29 is 19.4 Å². The molecule has 1 aromatic heterocycles. The minimum absolute atomic E-state index is 0.229. The van der Waals surface area contributed by atoms with Gasteiger partial charge in [-0.3, -0.25) is 4.79 Å². The summed E-state index contributed by atoms with van der Waals surface area (Å²) >= 11 is 3.29. The number of primary amides is 1. The SMILES string of the molecule is NCCc1cn(Cc2ccc(Br)c(C(=O)O)c2)c2ccc(OCc3cccc(C(N)=O)c3)cc12. The quantitative estimate of drug-likeness (QED) is 0.302. The summed E-state index contributed by atoms with van der Waals surface area (Å²) in [5.74, 6) is -0.750. The summed E-state index contributed by atoms with van der Waals surface area (Å²) in [6.45, 7) is 1.33. The van der Waals surface area contributed by atoms with Gasteiger partial charge in [0.2, 0.25) is 5.91 Å². The molecule has 0 aliphatic rings. The molecular weight excluding hydrogens is 498 g/mol. The van der Waals surface area contributed by atoms with Gasteiger partial charge in [0.05, 0.1) is 5.56 Å². The van der Waals surface area contributed by atoms with Gasteiger partial charge in [0.1, 0.15) is 12.4 Å². The molecular formula is C26H24BrN3O4. The number of carboxylic acids is 1. The Morgan fingerprint density at radius 1 is 1.03 bits per heavy atom. The first-order valence-electron chi connectivity index (χ1n) is 10.7. The van der Waals surface area contributed by atoms with Gasteiger partial charge in [0.15, 0.2) is 0 Å². The fraction of sp³-hybridized carbons (Fsp3) is 0.154. The standard InChI is InChI=1S/C26H24BrN3O4/c27-23-6-4-16(11-22(23)26(32)33)13-30-14-19(8-9-28)21-12-20(5-7-24(21)30)34-15-17-2-1-3-18(10-17)25(29)31/h1-7,10-12,14H,8-9,13,15,28H2,(H2,29,31)(H,32,33). The number of aromatic nitrogens is 1. The van der Waals surface area contributed by atoms with Crippen LogP contribution in [0.4, 0.5) is 0 Å². The Labute approximate surface area is 205 Å². The highest BCUT2D eigenvalue weighted by Crippen LogP contribution is 2.28. The summed E-state index contributed by atoms with van der Waals surface area (Å²) in [5, 5.41) is 10.5. The van der Waals surface area contributed by atoms with Crippen LogP contribution in [0.5, 0.6) is 5.75 Å².